The van der Waals surface area contributed by atoms with Gasteiger partial charge >= 0.3 is 0 Å². The van der Waals surface area contributed by atoms with Gasteiger partial charge in [-0.2, -0.15) is 0 Å². The van der Waals surface area contributed by atoms with Gasteiger partial charge in [0.1, 0.15) is 0 Å². The predicted octanol–water partition coefficient (Wildman–Crippen LogP) is 0.712. The summed E-state index contributed by atoms with van der Waals surface area (Å²) in [5, 5.41) is 7.08. The molecule has 2 bridgehead atoms. The number of nitrogens with zero attached hydrogens (tertiary/aromatic N) is 3. The Morgan fingerprint density at radius 1 is 1.15 bits per heavy atom. The van der Waals surface area contributed by atoms with E-state index in [1.54, 1.807) is 0 Å². The smallest absolute Gasteiger partial charge is 0.191 e. The molecule has 1 saturated carbocycles. The van der Waals surface area contributed by atoms with Gasteiger partial charge in [-0.25, -0.2) is 0 Å². The van der Waals surface area contributed by atoms with Gasteiger partial charge in [0.2, 0.25) is 0 Å². The lowest BCUT2D eigenvalue weighted by Crippen LogP contribution is -2.64. The molecule has 0 aromatic heterocycles. The van der Waals surface area contributed by atoms with Gasteiger partial charge in [0.05, 0.1) is 0 Å². The average Bonchev–Trinajstić information content (AvgIpc) is 2.97. The summed E-state index contributed by atoms with van der Waals surface area (Å²) < 4.78 is 0. The predicted molar refractivity (Wildman–Crippen MR) is 94.0 cm³/mol. The lowest BCUT2D eigenvalue weighted by Gasteiger charge is -2.47. The van der Waals surface area contributed by atoms with Crippen LogP contribution in [0.2, 0.25) is 0 Å². The van der Waals surface area contributed by atoms with E-state index in [0.717, 1.165) is 12.5 Å². The van der Waals surface area contributed by atoms with Crippen LogP contribution in [0, 0.1) is 0 Å². The lowest BCUT2D eigenvalue weighted by molar-refractivity contribution is 0.0154. The number of nitrogens with one attached hydrogen (secondary N) is 2. The van der Waals surface area contributed by atoms with Crippen molar-refractivity contribution in [3.05, 3.63) is 0 Å². The Labute approximate surface area is 139 Å². The number of piperazine rings is 3. The first-order chi connectivity index (χ1) is 9.35. The Morgan fingerprint density at radius 2 is 1.85 bits per heavy atom. The standard InChI is InChI=1S/C14H27N5.HI/c1-15-14(17-12-4-2-3-5-12)16-10-13-11-18-6-8-19(13)9-7-18;/h12-13H,2-11H2,1H3,(H2,15,16,17);1H. The molecule has 0 aromatic rings. The van der Waals surface area contributed by atoms with Crippen LogP contribution in [0.3, 0.4) is 0 Å². The van der Waals surface area contributed by atoms with E-state index < -0.39 is 0 Å². The van der Waals surface area contributed by atoms with E-state index in [9.17, 15) is 0 Å². The van der Waals surface area contributed by atoms with Crippen molar-refractivity contribution in [2.75, 3.05) is 46.3 Å². The van der Waals surface area contributed by atoms with Gasteiger partial charge in [-0.15, -0.1) is 24.0 Å². The summed E-state index contributed by atoms with van der Waals surface area (Å²) in [5.74, 6) is 0.990. The number of fused-ring (bicyclic) bond motifs is 3. The Balaban J connectivity index is 0.00000147. The van der Waals surface area contributed by atoms with Gasteiger partial charge in [0.15, 0.2) is 5.96 Å². The molecule has 5 nitrogen and oxygen atoms in total. The van der Waals surface area contributed by atoms with E-state index in [2.05, 4.69) is 25.4 Å². The van der Waals surface area contributed by atoms with Crippen LogP contribution in [-0.2, 0) is 0 Å². The lowest BCUT2D eigenvalue weighted by atomic mass is 10.1. The molecule has 4 aliphatic rings. The molecule has 0 spiro atoms. The largest absolute Gasteiger partial charge is 0.355 e. The van der Waals surface area contributed by atoms with Gasteiger partial charge in [-0.3, -0.25) is 14.8 Å². The molecular weight excluding hydrogens is 365 g/mol. The van der Waals surface area contributed by atoms with E-state index in [-0.39, 0.29) is 24.0 Å². The van der Waals surface area contributed by atoms with Crippen LogP contribution >= 0.6 is 24.0 Å². The minimum absolute atomic E-state index is 0. The molecule has 0 amide bonds. The molecule has 2 N–H and O–H groups in total. The quantitative estimate of drug-likeness (QED) is 0.421. The molecule has 4 fully saturated rings. The number of halogens is 1. The van der Waals surface area contributed by atoms with Crippen molar-refractivity contribution < 1.29 is 0 Å². The van der Waals surface area contributed by atoms with Gasteiger partial charge < -0.3 is 10.6 Å². The number of rotatable bonds is 3. The second-order valence-electron chi connectivity index (χ2n) is 6.07. The summed E-state index contributed by atoms with van der Waals surface area (Å²) in [6, 6.07) is 1.29. The van der Waals surface area contributed by atoms with Gasteiger partial charge in [0, 0.05) is 58.4 Å². The first kappa shape index (κ1) is 16.3. The molecule has 3 aliphatic heterocycles. The van der Waals surface area contributed by atoms with Crippen molar-refractivity contribution in [3.63, 3.8) is 0 Å². The fourth-order valence-electron chi connectivity index (χ4n) is 3.59. The average molecular weight is 393 g/mol. The zero-order chi connectivity index (χ0) is 13.1. The SMILES string of the molecule is CN=C(NCC1CN2CCN1CC2)NC1CCCC1.I. The molecule has 20 heavy (non-hydrogen) atoms. The number of hydrogen-bond donors (Lipinski definition) is 2. The molecule has 6 heteroatoms. The fraction of sp³-hybridized carbons (Fsp3) is 0.929. The monoisotopic (exact) mass is 393 g/mol. The molecule has 1 atom stereocenters. The third kappa shape index (κ3) is 3.98. The Bertz CT molecular complexity index is 322. The van der Waals surface area contributed by atoms with E-state index >= 15 is 0 Å². The van der Waals surface area contributed by atoms with E-state index in [1.165, 1.54) is 58.4 Å². The number of aliphatic imine (C=N–C) groups is 1. The Morgan fingerprint density at radius 3 is 2.40 bits per heavy atom. The minimum Gasteiger partial charge on any atom is -0.355 e. The van der Waals surface area contributed by atoms with E-state index in [0.29, 0.717) is 12.1 Å². The van der Waals surface area contributed by atoms with Crippen molar-refractivity contribution in [1.82, 2.24) is 20.4 Å². The first-order valence-electron chi connectivity index (χ1n) is 7.79. The molecular formula is C14H28IN5. The van der Waals surface area contributed by atoms with Crippen LogP contribution in [0.25, 0.3) is 0 Å². The molecule has 3 saturated heterocycles. The summed E-state index contributed by atoms with van der Waals surface area (Å²) in [6.07, 6.45) is 5.31. The normalized spacial score (nSPS) is 33.9. The third-order valence-electron chi connectivity index (χ3n) is 4.82. The maximum atomic E-state index is 4.36. The maximum absolute atomic E-state index is 4.36. The van der Waals surface area contributed by atoms with Gasteiger partial charge in [-0.1, -0.05) is 12.8 Å². The highest BCUT2D eigenvalue weighted by molar-refractivity contribution is 14.0. The van der Waals surface area contributed by atoms with Crippen LogP contribution in [0.15, 0.2) is 4.99 Å². The minimum atomic E-state index is 0. The molecule has 1 aliphatic carbocycles. The molecule has 0 aromatic carbocycles. The van der Waals surface area contributed by atoms with Crippen molar-refractivity contribution in [3.8, 4) is 0 Å². The summed E-state index contributed by atoms with van der Waals surface area (Å²) in [5.41, 5.74) is 0. The van der Waals surface area contributed by atoms with Gasteiger partial charge in [-0.05, 0) is 12.8 Å². The highest BCUT2D eigenvalue weighted by Gasteiger charge is 2.31. The highest BCUT2D eigenvalue weighted by Crippen LogP contribution is 2.17. The Kier molecular flexibility index (Phi) is 6.35. The van der Waals surface area contributed by atoms with Crippen molar-refractivity contribution in [1.29, 1.82) is 0 Å². The molecule has 3 heterocycles. The summed E-state index contributed by atoms with van der Waals surface area (Å²) in [7, 11) is 1.88. The van der Waals surface area contributed by atoms with E-state index in [4.69, 9.17) is 0 Å². The summed E-state index contributed by atoms with van der Waals surface area (Å²) in [6.45, 7) is 7.22. The zero-order valence-corrected chi connectivity index (χ0v) is 14.8. The van der Waals surface area contributed by atoms with Crippen LogP contribution < -0.4 is 10.6 Å². The fourth-order valence-corrected chi connectivity index (χ4v) is 3.59. The van der Waals surface area contributed by atoms with Crippen LogP contribution in [-0.4, -0.2) is 74.2 Å². The summed E-state index contributed by atoms with van der Waals surface area (Å²) in [4.78, 5) is 9.56. The number of guanidine groups is 1. The van der Waals surface area contributed by atoms with Crippen LogP contribution in [0.1, 0.15) is 25.7 Å². The number of hydrogen-bond acceptors (Lipinski definition) is 3. The third-order valence-corrected chi connectivity index (χ3v) is 4.82. The van der Waals surface area contributed by atoms with Gasteiger partial charge in [0.25, 0.3) is 0 Å². The van der Waals surface area contributed by atoms with Crippen LogP contribution in [0.4, 0.5) is 0 Å². The second-order valence-corrected chi connectivity index (χ2v) is 6.07. The zero-order valence-electron chi connectivity index (χ0n) is 12.5. The second kappa shape index (κ2) is 7.79. The Hall–Kier alpha value is -0.0800. The highest BCUT2D eigenvalue weighted by atomic mass is 127. The first-order valence-corrected chi connectivity index (χ1v) is 7.79. The molecule has 4 rings (SSSR count). The summed E-state index contributed by atoms with van der Waals surface area (Å²) >= 11 is 0. The molecule has 1 unspecified atom stereocenters. The maximum Gasteiger partial charge on any atom is 0.191 e. The van der Waals surface area contributed by atoms with E-state index in [1.807, 2.05) is 7.05 Å². The van der Waals surface area contributed by atoms with Crippen molar-refractivity contribution in [2.24, 2.45) is 4.99 Å². The van der Waals surface area contributed by atoms with Crippen LogP contribution in [0.5, 0.6) is 0 Å². The molecule has 0 radical (unpaired) electrons. The topological polar surface area (TPSA) is 42.9 Å². The van der Waals surface area contributed by atoms with Crippen molar-refractivity contribution in [2.45, 2.75) is 37.8 Å². The van der Waals surface area contributed by atoms with Crippen molar-refractivity contribution >= 4 is 29.9 Å². The molecule has 116 valence electrons.